The largest absolute Gasteiger partial charge is 0.493 e. The lowest BCUT2D eigenvalue weighted by Gasteiger charge is -2.42. The minimum absolute atomic E-state index is 0.0330. The number of methoxy groups -OCH3 is 2. The molecule has 2 aliphatic rings. The molecule has 0 bridgehead atoms. The molecule has 3 aromatic rings. The highest BCUT2D eigenvalue weighted by Gasteiger charge is 2.35. The summed E-state index contributed by atoms with van der Waals surface area (Å²) in [5, 5.41) is 9.21. The van der Waals surface area contributed by atoms with Gasteiger partial charge in [-0.1, -0.05) is 24.3 Å². The summed E-state index contributed by atoms with van der Waals surface area (Å²) in [6.45, 7) is 1.96. The molecule has 0 spiro atoms. The van der Waals surface area contributed by atoms with Gasteiger partial charge >= 0.3 is 0 Å². The molecule has 0 saturated carbocycles. The maximum atomic E-state index is 9.21. The molecule has 178 valence electrons. The van der Waals surface area contributed by atoms with E-state index in [1.807, 2.05) is 36.4 Å². The zero-order valence-corrected chi connectivity index (χ0v) is 20.3. The topological polar surface area (TPSA) is 60.4 Å². The van der Waals surface area contributed by atoms with Gasteiger partial charge in [-0.05, 0) is 59.9 Å². The fraction of sp³-hybridized carbons (Fsp3) is 0.333. The zero-order chi connectivity index (χ0) is 23.5. The number of nitrogens with zero attached hydrogens (tertiary/aromatic N) is 1. The van der Waals surface area contributed by atoms with Crippen LogP contribution in [0, 0.1) is 0 Å². The Balaban J connectivity index is 1.46. The molecule has 1 atom stereocenters. The molecule has 2 heterocycles. The number of benzene rings is 3. The Labute approximate surface area is 204 Å². The maximum absolute atomic E-state index is 9.21. The summed E-state index contributed by atoms with van der Waals surface area (Å²) >= 11 is 1.36. The highest BCUT2D eigenvalue weighted by atomic mass is 32.2. The summed E-state index contributed by atoms with van der Waals surface area (Å²) in [5.41, 5.74) is 5.02. The standard InChI is InChI=1S/C27H29NO5S/c1-30-24-9-8-18-14-23-21-16-26(32-13-12-29)25(31-2)15-19(21)10-11-28(23)17-22(18)27(24)33-34-20-6-4-3-5-7-20/h3-9,15-16,23,29H,10-14,17H2,1-2H3. The van der Waals surface area contributed by atoms with E-state index in [0.29, 0.717) is 5.75 Å². The van der Waals surface area contributed by atoms with Crippen molar-refractivity contribution >= 4 is 12.0 Å². The summed E-state index contributed by atoms with van der Waals surface area (Å²) in [6.07, 6.45) is 1.82. The van der Waals surface area contributed by atoms with Gasteiger partial charge < -0.3 is 23.5 Å². The van der Waals surface area contributed by atoms with Crippen LogP contribution in [0.1, 0.15) is 28.3 Å². The Morgan fingerprint density at radius 2 is 1.79 bits per heavy atom. The van der Waals surface area contributed by atoms with E-state index in [1.165, 1.54) is 34.3 Å². The Bertz CT molecular complexity index is 1150. The predicted molar refractivity (Wildman–Crippen MR) is 132 cm³/mol. The van der Waals surface area contributed by atoms with Gasteiger partial charge in [0.2, 0.25) is 0 Å². The van der Waals surface area contributed by atoms with Crippen molar-refractivity contribution in [3.63, 3.8) is 0 Å². The first-order chi connectivity index (χ1) is 16.7. The second-order valence-corrected chi connectivity index (χ2v) is 9.23. The fourth-order valence-corrected chi connectivity index (χ4v) is 5.49. The van der Waals surface area contributed by atoms with Gasteiger partial charge in [0.25, 0.3) is 0 Å². The third-order valence-electron chi connectivity index (χ3n) is 6.52. The first-order valence-electron chi connectivity index (χ1n) is 11.5. The van der Waals surface area contributed by atoms with Gasteiger partial charge in [0.05, 0.1) is 32.9 Å². The van der Waals surface area contributed by atoms with Crippen LogP contribution < -0.4 is 18.4 Å². The van der Waals surface area contributed by atoms with Crippen LogP contribution in [0.3, 0.4) is 0 Å². The Kier molecular flexibility index (Phi) is 6.85. The van der Waals surface area contributed by atoms with Crippen LogP contribution in [0.2, 0.25) is 0 Å². The molecule has 7 heteroatoms. The summed E-state index contributed by atoms with van der Waals surface area (Å²) in [7, 11) is 3.34. The smallest absolute Gasteiger partial charge is 0.184 e. The van der Waals surface area contributed by atoms with Gasteiger partial charge in [-0.15, -0.1) is 0 Å². The van der Waals surface area contributed by atoms with Crippen LogP contribution in [0.25, 0.3) is 0 Å². The molecule has 0 fully saturated rings. The minimum atomic E-state index is -0.0330. The van der Waals surface area contributed by atoms with Crippen molar-refractivity contribution in [2.45, 2.75) is 30.3 Å². The van der Waals surface area contributed by atoms with E-state index in [2.05, 4.69) is 23.1 Å². The number of ether oxygens (including phenoxy) is 3. The average Bonchev–Trinajstić information content (AvgIpc) is 2.89. The van der Waals surface area contributed by atoms with Crippen molar-refractivity contribution in [1.29, 1.82) is 0 Å². The number of rotatable bonds is 8. The fourth-order valence-electron chi connectivity index (χ4n) is 4.86. The summed E-state index contributed by atoms with van der Waals surface area (Å²) in [5.74, 6) is 2.96. The lowest BCUT2D eigenvalue weighted by molar-refractivity contribution is 0.157. The van der Waals surface area contributed by atoms with Gasteiger partial charge in [0.15, 0.2) is 23.0 Å². The Morgan fingerprint density at radius 1 is 0.971 bits per heavy atom. The average molecular weight is 480 g/mol. The molecule has 2 aliphatic heterocycles. The van der Waals surface area contributed by atoms with E-state index in [9.17, 15) is 5.11 Å². The van der Waals surface area contributed by atoms with E-state index < -0.39 is 0 Å². The number of aliphatic hydroxyl groups is 1. The molecule has 34 heavy (non-hydrogen) atoms. The Morgan fingerprint density at radius 3 is 2.56 bits per heavy atom. The van der Waals surface area contributed by atoms with Gasteiger partial charge in [0, 0.05) is 29.6 Å². The van der Waals surface area contributed by atoms with Crippen molar-refractivity contribution in [1.82, 2.24) is 4.90 Å². The Hall–Kier alpha value is -2.87. The van der Waals surface area contributed by atoms with Gasteiger partial charge in [-0.3, -0.25) is 4.90 Å². The third-order valence-corrected chi connectivity index (χ3v) is 7.24. The molecule has 6 nitrogen and oxygen atoms in total. The SMILES string of the molecule is COc1cc2c(cc1OCCO)C1Cc3ccc(OC)c(OSc4ccccc4)c3CN1CC2. The number of aliphatic hydroxyl groups excluding tert-OH is 1. The van der Waals surface area contributed by atoms with Crippen LogP contribution >= 0.6 is 12.0 Å². The van der Waals surface area contributed by atoms with E-state index in [1.54, 1.807) is 14.2 Å². The summed E-state index contributed by atoms with van der Waals surface area (Å²) < 4.78 is 23.3. The van der Waals surface area contributed by atoms with Crippen LogP contribution in [0.15, 0.2) is 59.5 Å². The molecule has 0 aliphatic carbocycles. The van der Waals surface area contributed by atoms with Crippen LogP contribution in [0.5, 0.6) is 23.0 Å². The highest BCUT2D eigenvalue weighted by Crippen LogP contribution is 2.46. The van der Waals surface area contributed by atoms with E-state index in [0.717, 1.165) is 48.1 Å². The summed E-state index contributed by atoms with van der Waals surface area (Å²) in [6, 6.07) is 18.7. The molecule has 0 aromatic heterocycles. The van der Waals surface area contributed by atoms with Crippen molar-refractivity contribution in [3.8, 4) is 23.0 Å². The molecule has 3 aromatic carbocycles. The van der Waals surface area contributed by atoms with Gasteiger partial charge in [-0.25, -0.2) is 0 Å². The highest BCUT2D eigenvalue weighted by molar-refractivity contribution is 7.95. The number of hydrogen-bond donors (Lipinski definition) is 1. The predicted octanol–water partition coefficient (Wildman–Crippen LogP) is 4.82. The van der Waals surface area contributed by atoms with Crippen molar-refractivity contribution in [2.24, 2.45) is 0 Å². The second-order valence-electron chi connectivity index (χ2n) is 8.43. The van der Waals surface area contributed by atoms with Crippen molar-refractivity contribution in [2.75, 3.05) is 34.0 Å². The molecule has 0 saturated heterocycles. The quantitative estimate of drug-likeness (QED) is 0.465. The normalized spacial score (nSPS) is 16.7. The monoisotopic (exact) mass is 479 g/mol. The molecular weight excluding hydrogens is 450 g/mol. The van der Waals surface area contributed by atoms with Gasteiger partial charge in [-0.2, -0.15) is 0 Å². The molecular formula is C27H29NO5S. The zero-order valence-electron chi connectivity index (χ0n) is 19.5. The van der Waals surface area contributed by atoms with Crippen molar-refractivity contribution < 1.29 is 23.5 Å². The molecule has 0 radical (unpaired) electrons. The molecule has 5 rings (SSSR count). The minimum Gasteiger partial charge on any atom is -0.493 e. The van der Waals surface area contributed by atoms with E-state index >= 15 is 0 Å². The first kappa shape index (κ1) is 22.9. The maximum Gasteiger partial charge on any atom is 0.184 e. The lowest BCUT2D eigenvalue weighted by Crippen LogP contribution is -2.39. The third kappa shape index (κ3) is 4.43. The van der Waals surface area contributed by atoms with Crippen molar-refractivity contribution in [3.05, 3.63) is 76.9 Å². The number of fused-ring (bicyclic) bond motifs is 4. The molecule has 1 unspecified atom stereocenters. The van der Waals surface area contributed by atoms with Gasteiger partial charge in [0.1, 0.15) is 6.61 Å². The number of hydrogen-bond acceptors (Lipinski definition) is 7. The van der Waals surface area contributed by atoms with Crippen LogP contribution in [0.4, 0.5) is 0 Å². The lowest BCUT2D eigenvalue weighted by atomic mass is 9.83. The van der Waals surface area contributed by atoms with Crippen LogP contribution in [-0.4, -0.2) is 44.0 Å². The first-order valence-corrected chi connectivity index (χ1v) is 12.2. The van der Waals surface area contributed by atoms with E-state index in [-0.39, 0.29) is 19.3 Å². The second kappa shape index (κ2) is 10.2. The summed E-state index contributed by atoms with van der Waals surface area (Å²) in [4.78, 5) is 3.55. The molecule has 1 N–H and O–H groups in total. The van der Waals surface area contributed by atoms with Crippen LogP contribution in [-0.2, 0) is 19.4 Å². The van der Waals surface area contributed by atoms with E-state index in [4.69, 9.17) is 18.4 Å². The molecule has 0 amide bonds.